The lowest BCUT2D eigenvalue weighted by Gasteiger charge is -2.39. The van der Waals surface area contributed by atoms with Crippen LogP contribution in [-0.4, -0.2) is 44.4 Å². The van der Waals surface area contributed by atoms with Gasteiger partial charge in [0.25, 0.3) is 0 Å². The van der Waals surface area contributed by atoms with Crippen LogP contribution in [-0.2, 0) is 18.4 Å². The molecule has 1 N–H and O–H groups in total. The molecular weight excluding hydrogens is 318 g/mol. The smallest absolute Gasteiger partial charge is 0.228 e. The fourth-order valence-electron chi connectivity index (χ4n) is 4.19. The van der Waals surface area contributed by atoms with Gasteiger partial charge in [-0.15, -0.1) is 0 Å². The van der Waals surface area contributed by atoms with Crippen molar-refractivity contribution in [3.63, 3.8) is 0 Å². The predicted octanol–water partition coefficient (Wildman–Crippen LogP) is 1.66. The Bertz CT molecular complexity index is 766. The van der Waals surface area contributed by atoms with Crippen molar-refractivity contribution >= 4 is 5.91 Å². The van der Waals surface area contributed by atoms with E-state index in [1.165, 1.54) is 5.56 Å². The lowest BCUT2D eigenvalue weighted by Crippen LogP contribution is -2.50. The van der Waals surface area contributed by atoms with Crippen LogP contribution in [0.3, 0.4) is 0 Å². The Morgan fingerprint density at radius 2 is 2.12 bits per heavy atom. The van der Waals surface area contributed by atoms with Gasteiger partial charge in [-0.05, 0) is 33.1 Å². The molecule has 0 aliphatic carbocycles. The van der Waals surface area contributed by atoms with Gasteiger partial charge in [0, 0.05) is 49.5 Å². The van der Waals surface area contributed by atoms with Gasteiger partial charge < -0.3 is 9.84 Å². The molecule has 4 heterocycles. The summed E-state index contributed by atoms with van der Waals surface area (Å²) in [6.45, 7) is 6.79. The van der Waals surface area contributed by atoms with Gasteiger partial charge in [0.15, 0.2) is 0 Å². The van der Waals surface area contributed by atoms with E-state index in [4.69, 9.17) is 4.52 Å². The molecule has 25 heavy (non-hydrogen) atoms. The van der Waals surface area contributed by atoms with Crippen molar-refractivity contribution in [2.45, 2.75) is 51.1 Å². The fraction of sp³-hybridized carbons (Fsp3) is 0.611. The molecule has 0 radical (unpaired) electrons. The summed E-state index contributed by atoms with van der Waals surface area (Å²) in [5.74, 6) is 0.985. The summed E-state index contributed by atoms with van der Waals surface area (Å²) in [6, 6.07) is 0. The number of carbonyl (C=O) groups is 1. The van der Waals surface area contributed by atoms with Crippen LogP contribution in [0.5, 0.6) is 0 Å². The summed E-state index contributed by atoms with van der Waals surface area (Å²) in [5.41, 5.74) is 3.13. The number of rotatable bonds is 3. The van der Waals surface area contributed by atoms with Crippen LogP contribution in [0.4, 0.5) is 0 Å². The number of carbonyl (C=O) groups excluding carboxylic acids is 1. The SMILES string of the molecule is Cc1noc(C)c1CN1CCC2(CC1)CC(c1cnn(C)c1)C(=O)N2. The average molecular weight is 343 g/mol. The van der Waals surface area contributed by atoms with E-state index in [0.717, 1.165) is 55.9 Å². The monoisotopic (exact) mass is 343 g/mol. The highest BCUT2D eigenvalue weighted by molar-refractivity contribution is 5.87. The first-order chi connectivity index (χ1) is 12.0. The Morgan fingerprint density at radius 3 is 2.72 bits per heavy atom. The van der Waals surface area contributed by atoms with E-state index in [1.807, 2.05) is 33.3 Å². The second-order valence-electron chi connectivity index (χ2n) is 7.55. The lowest BCUT2D eigenvalue weighted by atomic mass is 9.82. The van der Waals surface area contributed by atoms with Crippen LogP contribution in [0.25, 0.3) is 0 Å². The minimum atomic E-state index is -0.0668. The molecule has 0 saturated carbocycles. The molecule has 2 aromatic rings. The standard InChI is InChI=1S/C18H25N5O2/c1-12-16(13(2)25-21-12)11-23-6-4-18(5-7-23)8-15(17(24)20-18)14-9-19-22(3)10-14/h9-10,15H,4-8,11H2,1-3H3,(H,20,24). The zero-order valence-corrected chi connectivity index (χ0v) is 15.1. The molecule has 1 spiro atoms. The van der Waals surface area contributed by atoms with Crippen molar-refractivity contribution in [3.8, 4) is 0 Å². The van der Waals surface area contributed by atoms with Gasteiger partial charge in [0.2, 0.25) is 5.91 Å². The largest absolute Gasteiger partial charge is 0.361 e. The first-order valence-electron chi connectivity index (χ1n) is 8.90. The minimum Gasteiger partial charge on any atom is -0.361 e. The van der Waals surface area contributed by atoms with E-state index in [1.54, 1.807) is 4.68 Å². The Kier molecular flexibility index (Phi) is 3.91. The van der Waals surface area contributed by atoms with E-state index < -0.39 is 0 Å². The van der Waals surface area contributed by atoms with Crippen LogP contribution < -0.4 is 5.32 Å². The van der Waals surface area contributed by atoms with Crippen LogP contribution in [0, 0.1) is 13.8 Å². The van der Waals surface area contributed by atoms with Crippen molar-refractivity contribution in [3.05, 3.63) is 35.0 Å². The molecule has 134 valence electrons. The quantitative estimate of drug-likeness (QED) is 0.917. The molecule has 7 heteroatoms. The van der Waals surface area contributed by atoms with Crippen LogP contribution in [0.1, 0.15) is 47.8 Å². The Balaban J connectivity index is 1.41. The number of amides is 1. The van der Waals surface area contributed by atoms with E-state index in [-0.39, 0.29) is 17.4 Å². The van der Waals surface area contributed by atoms with Crippen molar-refractivity contribution in [2.24, 2.45) is 7.05 Å². The third kappa shape index (κ3) is 2.97. The number of hydrogen-bond acceptors (Lipinski definition) is 5. The number of likely N-dealkylation sites (tertiary alicyclic amines) is 1. The maximum Gasteiger partial charge on any atom is 0.228 e. The maximum atomic E-state index is 12.5. The van der Waals surface area contributed by atoms with Crippen molar-refractivity contribution in [2.75, 3.05) is 13.1 Å². The molecule has 1 atom stereocenters. The number of nitrogens with zero attached hydrogens (tertiary/aromatic N) is 4. The molecular formula is C18H25N5O2. The number of aryl methyl sites for hydroxylation is 3. The summed E-state index contributed by atoms with van der Waals surface area (Å²) in [6.07, 6.45) is 6.61. The van der Waals surface area contributed by atoms with Crippen LogP contribution in [0.15, 0.2) is 16.9 Å². The molecule has 0 aromatic carbocycles. The summed E-state index contributed by atoms with van der Waals surface area (Å²) in [4.78, 5) is 14.9. The first kappa shape index (κ1) is 16.3. The van der Waals surface area contributed by atoms with E-state index in [2.05, 4.69) is 20.5 Å². The number of nitrogens with one attached hydrogen (secondary N) is 1. The van der Waals surface area contributed by atoms with Gasteiger partial charge in [-0.1, -0.05) is 5.16 Å². The van der Waals surface area contributed by atoms with Crippen molar-refractivity contribution in [1.82, 2.24) is 25.2 Å². The number of aromatic nitrogens is 3. The highest BCUT2D eigenvalue weighted by atomic mass is 16.5. The third-order valence-corrected chi connectivity index (χ3v) is 5.80. The Morgan fingerprint density at radius 1 is 1.36 bits per heavy atom. The number of piperidine rings is 1. The normalized spacial score (nSPS) is 23.3. The maximum absolute atomic E-state index is 12.5. The molecule has 1 unspecified atom stereocenters. The average Bonchev–Trinajstić information content (AvgIpc) is 3.24. The van der Waals surface area contributed by atoms with Gasteiger partial charge in [-0.2, -0.15) is 5.10 Å². The topological polar surface area (TPSA) is 76.2 Å². The lowest BCUT2D eigenvalue weighted by molar-refractivity contribution is -0.121. The second kappa shape index (κ2) is 5.98. The summed E-state index contributed by atoms with van der Waals surface area (Å²) >= 11 is 0. The van der Waals surface area contributed by atoms with Crippen molar-refractivity contribution in [1.29, 1.82) is 0 Å². The van der Waals surface area contributed by atoms with Crippen LogP contribution >= 0.6 is 0 Å². The molecule has 2 saturated heterocycles. The second-order valence-corrected chi connectivity index (χ2v) is 7.55. The van der Waals surface area contributed by atoms with E-state index in [9.17, 15) is 4.79 Å². The van der Waals surface area contributed by atoms with E-state index in [0.29, 0.717) is 0 Å². The summed E-state index contributed by atoms with van der Waals surface area (Å²) < 4.78 is 7.03. The minimum absolute atomic E-state index is 0.0627. The fourth-order valence-corrected chi connectivity index (χ4v) is 4.19. The van der Waals surface area contributed by atoms with Gasteiger partial charge in [-0.3, -0.25) is 14.4 Å². The highest BCUT2D eigenvalue weighted by Crippen LogP contribution is 2.39. The van der Waals surface area contributed by atoms with Gasteiger partial charge in [0.1, 0.15) is 5.76 Å². The van der Waals surface area contributed by atoms with Crippen molar-refractivity contribution < 1.29 is 9.32 Å². The summed E-state index contributed by atoms with van der Waals surface area (Å²) in [5, 5.41) is 11.6. The van der Waals surface area contributed by atoms with Gasteiger partial charge in [-0.25, -0.2) is 0 Å². The summed E-state index contributed by atoms with van der Waals surface area (Å²) in [7, 11) is 1.89. The molecule has 2 aromatic heterocycles. The zero-order chi connectivity index (χ0) is 17.6. The molecule has 2 aliphatic heterocycles. The van der Waals surface area contributed by atoms with E-state index >= 15 is 0 Å². The molecule has 0 bridgehead atoms. The number of hydrogen-bond donors (Lipinski definition) is 1. The molecule has 4 rings (SSSR count). The first-order valence-corrected chi connectivity index (χ1v) is 8.90. The molecule has 2 aliphatic rings. The Labute approximate surface area is 147 Å². The zero-order valence-electron chi connectivity index (χ0n) is 15.1. The van der Waals surface area contributed by atoms with Gasteiger partial charge in [0.05, 0.1) is 17.8 Å². The predicted molar refractivity (Wildman–Crippen MR) is 91.9 cm³/mol. The van der Waals surface area contributed by atoms with Gasteiger partial charge >= 0.3 is 0 Å². The Hall–Kier alpha value is -2.15. The third-order valence-electron chi connectivity index (χ3n) is 5.80. The molecule has 2 fully saturated rings. The van der Waals surface area contributed by atoms with Crippen LogP contribution in [0.2, 0.25) is 0 Å². The molecule has 1 amide bonds. The molecule has 7 nitrogen and oxygen atoms in total. The highest BCUT2D eigenvalue weighted by Gasteiger charge is 2.46.